The zero-order valence-electron chi connectivity index (χ0n) is 24.3. The van der Waals surface area contributed by atoms with Gasteiger partial charge in [0.15, 0.2) is 14.1 Å². The van der Waals surface area contributed by atoms with Crippen LogP contribution in [0.4, 0.5) is 0 Å². The van der Waals surface area contributed by atoms with Crippen LogP contribution in [0.25, 0.3) is 0 Å². The number of fused-ring (bicyclic) bond motifs is 8. The zero-order valence-corrected chi connectivity index (χ0v) is 25.3. The Kier molecular flexibility index (Phi) is 6.25. The average molecular weight is 501 g/mol. The van der Waals surface area contributed by atoms with E-state index >= 15 is 0 Å². The molecule has 0 aromatic heterocycles. The van der Waals surface area contributed by atoms with E-state index in [1.165, 1.54) is 38.5 Å². The highest BCUT2D eigenvalue weighted by atomic mass is 28.4. The Balaban J connectivity index is 1.47. The molecule has 5 fully saturated rings. The van der Waals surface area contributed by atoms with E-state index < -0.39 is 14.1 Å². The van der Waals surface area contributed by atoms with Crippen molar-refractivity contribution in [3.8, 4) is 11.8 Å². The van der Waals surface area contributed by atoms with Gasteiger partial charge < -0.3 is 13.9 Å². The van der Waals surface area contributed by atoms with E-state index in [-0.39, 0.29) is 17.2 Å². The summed E-state index contributed by atoms with van der Waals surface area (Å²) in [5.41, 5.74) is 0.648. The Hall–Kier alpha value is -0.343. The van der Waals surface area contributed by atoms with Crippen LogP contribution in [0.5, 0.6) is 0 Å². The summed E-state index contributed by atoms with van der Waals surface area (Å²) in [4.78, 5) is 0. The first-order valence-corrected chi connectivity index (χ1v) is 17.5. The van der Waals surface area contributed by atoms with Gasteiger partial charge in [-0.1, -0.05) is 40.5 Å². The number of rotatable bonds is 2. The fourth-order valence-corrected chi connectivity index (χ4v) is 10.7. The van der Waals surface area contributed by atoms with Gasteiger partial charge in [-0.05, 0) is 118 Å². The molecule has 4 heteroatoms. The third-order valence-corrected chi connectivity index (χ3v) is 16.6. The van der Waals surface area contributed by atoms with Crippen LogP contribution < -0.4 is 0 Å². The minimum Gasteiger partial charge on any atom is -0.414 e. The summed E-state index contributed by atoms with van der Waals surface area (Å²) in [5, 5.41) is 0.247. The molecule has 0 spiro atoms. The van der Waals surface area contributed by atoms with E-state index in [9.17, 15) is 0 Å². The predicted molar refractivity (Wildman–Crippen MR) is 145 cm³/mol. The Bertz CT molecular complexity index is 893. The van der Waals surface area contributed by atoms with Crippen LogP contribution in [0.3, 0.4) is 0 Å². The van der Waals surface area contributed by atoms with Crippen LogP contribution in [0.2, 0.25) is 18.1 Å². The Morgan fingerprint density at radius 2 is 1.46 bits per heavy atom. The molecule has 1 saturated heterocycles. The van der Waals surface area contributed by atoms with Crippen molar-refractivity contribution in [2.75, 3.05) is 0 Å². The zero-order chi connectivity index (χ0) is 25.6. The lowest BCUT2D eigenvalue weighted by molar-refractivity contribution is -0.186. The van der Waals surface area contributed by atoms with E-state index in [1.54, 1.807) is 0 Å². The van der Waals surface area contributed by atoms with Crippen molar-refractivity contribution in [2.24, 2.45) is 40.4 Å². The fraction of sp³-hybridized carbons (Fsp3) is 0.935. The van der Waals surface area contributed by atoms with Gasteiger partial charge >= 0.3 is 0 Å². The molecule has 0 N–H and O–H groups in total. The highest BCUT2D eigenvalue weighted by Gasteiger charge is 2.68. The van der Waals surface area contributed by atoms with Gasteiger partial charge in [-0.15, -0.1) is 5.92 Å². The lowest BCUT2D eigenvalue weighted by Gasteiger charge is -2.63. The van der Waals surface area contributed by atoms with Crippen LogP contribution in [0.1, 0.15) is 100 Å². The maximum absolute atomic E-state index is 7.03. The van der Waals surface area contributed by atoms with Gasteiger partial charge in [-0.2, -0.15) is 0 Å². The van der Waals surface area contributed by atoms with Crippen LogP contribution >= 0.6 is 0 Å². The molecule has 1 heterocycles. The highest BCUT2D eigenvalue weighted by Crippen LogP contribution is 2.69. The molecule has 0 radical (unpaired) electrons. The monoisotopic (exact) mass is 500 g/mol. The summed E-state index contributed by atoms with van der Waals surface area (Å²) in [6, 6.07) is 0. The standard InChI is InChI=1S/C31H52O3Si/c1-11-12-20-13-14-22-25-23(16-18-30(20,22)7)31(8)17-15-21(34-35(9,10)28(2,3)4)19-24(31)26-27(25)33-29(5,6)32-26/h20-27H,13-19H2,1-10H3/t20-,21+,22?,23?,24?,25?,26+,27+,30+,31+/m0/s1. The summed E-state index contributed by atoms with van der Waals surface area (Å²) in [6.07, 6.45) is 9.61. The minimum absolute atomic E-state index is 0.195. The fourth-order valence-electron chi connectivity index (χ4n) is 9.26. The largest absolute Gasteiger partial charge is 0.414 e. The topological polar surface area (TPSA) is 27.7 Å². The quantitative estimate of drug-likeness (QED) is 0.286. The predicted octanol–water partition coefficient (Wildman–Crippen LogP) is 7.80. The van der Waals surface area contributed by atoms with Gasteiger partial charge in [-0.3, -0.25) is 0 Å². The van der Waals surface area contributed by atoms with Gasteiger partial charge in [0, 0.05) is 12.0 Å². The maximum atomic E-state index is 7.03. The number of hydrogen-bond acceptors (Lipinski definition) is 3. The molecular formula is C31H52O3Si. The normalized spacial score (nSPS) is 48.7. The maximum Gasteiger partial charge on any atom is 0.192 e. The highest BCUT2D eigenvalue weighted by molar-refractivity contribution is 6.74. The van der Waals surface area contributed by atoms with E-state index in [4.69, 9.17) is 13.9 Å². The molecule has 4 unspecified atom stereocenters. The van der Waals surface area contributed by atoms with Gasteiger partial charge in [0.05, 0.1) is 12.2 Å². The van der Waals surface area contributed by atoms with E-state index in [0.717, 1.165) is 12.3 Å². The summed E-state index contributed by atoms with van der Waals surface area (Å²) < 4.78 is 20.7. The second kappa shape index (κ2) is 8.33. The molecule has 0 bridgehead atoms. The number of hydrogen-bond donors (Lipinski definition) is 0. The molecule has 198 valence electrons. The molecular weight excluding hydrogens is 448 g/mol. The Morgan fingerprint density at radius 3 is 2.11 bits per heavy atom. The second-order valence-electron chi connectivity index (χ2n) is 15.3. The SMILES string of the molecule is CC#C[C@H]1CCC2C3C(CC[C@@]21C)[C@@]1(C)CC[C@@H](O[Si](C)(C)C(C)(C)C)CC1[C@H]1OC(C)(C)O[C@H]31. The summed E-state index contributed by atoms with van der Waals surface area (Å²) >= 11 is 0. The van der Waals surface area contributed by atoms with Gasteiger partial charge in [0.25, 0.3) is 0 Å². The van der Waals surface area contributed by atoms with Crippen molar-refractivity contribution < 1.29 is 13.9 Å². The lowest BCUT2D eigenvalue weighted by atomic mass is 9.43. The van der Waals surface area contributed by atoms with Crippen LogP contribution in [0, 0.1) is 52.3 Å². The molecule has 3 nitrogen and oxygen atoms in total. The van der Waals surface area contributed by atoms with Crippen LogP contribution in [-0.2, 0) is 13.9 Å². The molecule has 4 aliphatic carbocycles. The molecule has 0 aromatic rings. The molecule has 5 rings (SSSR count). The molecule has 35 heavy (non-hydrogen) atoms. The van der Waals surface area contributed by atoms with Crippen molar-refractivity contribution in [1.29, 1.82) is 0 Å². The first kappa shape index (κ1) is 26.3. The number of ether oxygens (including phenoxy) is 2. The molecule has 10 atom stereocenters. The lowest BCUT2D eigenvalue weighted by Crippen LogP contribution is -2.63. The third-order valence-electron chi connectivity index (χ3n) is 12.1. The molecule has 5 aliphatic rings. The first-order chi connectivity index (χ1) is 16.1. The average Bonchev–Trinajstić information content (AvgIpc) is 3.24. The second-order valence-corrected chi connectivity index (χ2v) is 20.1. The summed E-state index contributed by atoms with van der Waals surface area (Å²) in [7, 11) is -1.80. The van der Waals surface area contributed by atoms with Crippen LogP contribution in [0.15, 0.2) is 0 Å². The summed E-state index contributed by atoms with van der Waals surface area (Å²) in [5.74, 6) is 9.51. The smallest absolute Gasteiger partial charge is 0.192 e. The molecule has 0 aromatic carbocycles. The third kappa shape index (κ3) is 4.01. The van der Waals surface area contributed by atoms with Gasteiger partial charge in [0.1, 0.15) is 0 Å². The first-order valence-electron chi connectivity index (χ1n) is 14.6. The van der Waals surface area contributed by atoms with Crippen molar-refractivity contribution in [3.63, 3.8) is 0 Å². The van der Waals surface area contributed by atoms with Crippen LogP contribution in [-0.4, -0.2) is 32.4 Å². The molecule has 1 aliphatic heterocycles. The van der Waals surface area contributed by atoms with Crippen molar-refractivity contribution in [2.45, 2.75) is 143 Å². The Labute approximate surface area is 217 Å². The van der Waals surface area contributed by atoms with E-state index in [1.807, 2.05) is 6.92 Å². The van der Waals surface area contributed by atoms with Crippen molar-refractivity contribution in [1.82, 2.24) is 0 Å². The van der Waals surface area contributed by atoms with E-state index in [2.05, 4.69) is 73.4 Å². The van der Waals surface area contributed by atoms with Gasteiger partial charge in [-0.25, -0.2) is 0 Å². The van der Waals surface area contributed by atoms with Crippen molar-refractivity contribution >= 4 is 8.32 Å². The van der Waals surface area contributed by atoms with Gasteiger partial charge in [0.2, 0.25) is 0 Å². The Morgan fingerprint density at radius 1 is 0.829 bits per heavy atom. The summed E-state index contributed by atoms with van der Waals surface area (Å²) in [6.45, 7) is 23.4. The minimum atomic E-state index is -1.80. The van der Waals surface area contributed by atoms with E-state index in [0.29, 0.717) is 40.6 Å². The molecule has 0 amide bonds. The molecule has 4 saturated carbocycles. The van der Waals surface area contributed by atoms with Crippen molar-refractivity contribution in [3.05, 3.63) is 0 Å².